The highest BCUT2D eigenvalue weighted by Gasteiger charge is 2.04. The highest BCUT2D eigenvalue weighted by Crippen LogP contribution is 2.23. The van der Waals surface area contributed by atoms with Crippen LogP contribution in [0.5, 0.6) is 0 Å². The fourth-order valence-corrected chi connectivity index (χ4v) is 2.31. The first-order valence-corrected chi connectivity index (χ1v) is 6.32. The zero-order chi connectivity index (χ0) is 12.0. The van der Waals surface area contributed by atoms with Crippen LogP contribution in [0.3, 0.4) is 0 Å². The Morgan fingerprint density at radius 3 is 2.81 bits per heavy atom. The summed E-state index contributed by atoms with van der Waals surface area (Å²) in [7, 11) is 1.84. The van der Waals surface area contributed by atoms with Crippen LogP contribution in [0.25, 0.3) is 0 Å². The number of thioether (sulfide) groups is 1. The quantitative estimate of drug-likeness (QED) is 0.752. The van der Waals surface area contributed by atoms with Crippen LogP contribution in [-0.2, 0) is 6.54 Å². The molecule has 0 aliphatic rings. The molecule has 0 aliphatic carbocycles. The molecule has 1 unspecified atom stereocenters. The molecule has 0 saturated heterocycles. The summed E-state index contributed by atoms with van der Waals surface area (Å²) >= 11 is 1.58. The first kappa shape index (κ1) is 13.5. The third-order valence-electron chi connectivity index (χ3n) is 2.16. The Kier molecular flexibility index (Phi) is 5.80. The van der Waals surface area contributed by atoms with Gasteiger partial charge in [-0.25, -0.2) is 4.39 Å². The van der Waals surface area contributed by atoms with E-state index in [2.05, 4.69) is 5.32 Å². The topological polar surface area (TPSA) is 32.3 Å². The van der Waals surface area contributed by atoms with Gasteiger partial charge in [-0.05, 0) is 36.7 Å². The second-order valence-corrected chi connectivity index (χ2v) is 5.02. The Hall–Kier alpha value is -0.580. The summed E-state index contributed by atoms with van der Waals surface area (Å²) in [6.45, 7) is 2.81. The third-order valence-corrected chi connectivity index (χ3v) is 3.46. The van der Waals surface area contributed by atoms with Crippen LogP contribution in [0.1, 0.15) is 12.5 Å². The number of benzene rings is 1. The fourth-order valence-electron chi connectivity index (χ4n) is 1.30. The molecule has 0 amide bonds. The number of aliphatic hydroxyl groups excluding tert-OH is 1. The maximum absolute atomic E-state index is 13.3. The van der Waals surface area contributed by atoms with Crippen LogP contribution >= 0.6 is 11.8 Å². The lowest BCUT2D eigenvalue weighted by Crippen LogP contribution is -2.06. The van der Waals surface area contributed by atoms with Crippen LogP contribution in [0.15, 0.2) is 23.1 Å². The second kappa shape index (κ2) is 6.89. The fraction of sp³-hybridized carbons (Fsp3) is 0.500. The number of aliphatic hydroxyl groups is 1. The van der Waals surface area contributed by atoms with Gasteiger partial charge < -0.3 is 10.4 Å². The summed E-state index contributed by atoms with van der Waals surface area (Å²) in [5.74, 6) is 0.840. The summed E-state index contributed by atoms with van der Waals surface area (Å²) in [5.41, 5.74) is 0.946. The van der Waals surface area contributed by atoms with E-state index in [1.807, 2.05) is 20.0 Å². The van der Waals surface area contributed by atoms with Gasteiger partial charge in [-0.1, -0.05) is 6.92 Å². The Bertz CT molecular complexity index is 333. The molecule has 0 bridgehead atoms. The summed E-state index contributed by atoms with van der Waals surface area (Å²) < 4.78 is 13.3. The van der Waals surface area contributed by atoms with Crippen molar-refractivity contribution in [2.45, 2.75) is 18.4 Å². The molecule has 0 spiro atoms. The second-order valence-electron chi connectivity index (χ2n) is 3.92. The average Bonchev–Trinajstić information content (AvgIpc) is 2.25. The van der Waals surface area contributed by atoms with E-state index >= 15 is 0 Å². The van der Waals surface area contributed by atoms with E-state index in [0.29, 0.717) is 6.54 Å². The van der Waals surface area contributed by atoms with Crippen molar-refractivity contribution in [1.29, 1.82) is 0 Å². The molecule has 1 atom stereocenters. The van der Waals surface area contributed by atoms with Crippen LogP contribution < -0.4 is 5.32 Å². The maximum Gasteiger partial charge on any atom is 0.124 e. The van der Waals surface area contributed by atoms with Crippen molar-refractivity contribution in [1.82, 2.24) is 5.32 Å². The van der Waals surface area contributed by atoms with Gasteiger partial charge in [0.2, 0.25) is 0 Å². The van der Waals surface area contributed by atoms with E-state index in [1.165, 1.54) is 12.1 Å². The van der Waals surface area contributed by atoms with Crippen molar-refractivity contribution < 1.29 is 9.50 Å². The number of hydrogen-bond donors (Lipinski definition) is 2. The monoisotopic (exact) mass is 243 g/mol. The molecule has 90 valence electrons. The summed E-state index contributed by atoms with van der Waals surface area (Å²) in [6, 6.07) is 5.05. The van der Waals surface area contributed by atoms with Crippen molar-refractivity contribution in [2.24, 2.45) is 5.92 Å². The molecular weight excluding hydrogens is 225 g/mol. The number of hydrogen-bond acceptors (Lipinski definition) is 3. The van der Waals surface area contributed by atoms with Crippen molar-refractivity contribution >= 4 is 11.8 Å². The van der Waals surface area contributed by atoms with E-state index in [4.69, 9.17) is 5.11 Å². The van der Waals surface area contributed by atoms with E-state index in [9.17, 15) is 4.39 Å². The number of nitrogens with one attached hydrogen (secondary N) is 1. The Labute approximate surface area is 100 Å². The number of halogens is 1. The lowest BCUT2D eigenvalue weighted by Gasteiger charge is -2.09. The molecule has 0 saturated carbocycles. The minimum Gasteiger partial charge on any atom is -0.396 e. The largest absolute Gasteiger partial charge is 0.396 e. The van der Waals surface area contributed by atoms with Gasteiger partial charge in [0, 0.05) is 23.8 Å². The zero-order valence-electron chi connectivity index (χ0n) is 9.66. The molecule has 1 aromatic carbocycles. The molecule has 4 heteroatoms. The minimum atomic E-state index is -0.202. The summed E-state index contributed by atoms with van der Waals surface area (Å²) in [4.78, 5) is 0.922. The molecule has 16 heavy (non-hydrogen) atoms. The first-order chi connectivity index (χ1) is 7.65. The molecule has 1 rings (SSSR count). The highest BCUT2D eigenvalue weighted by molar-refractivity contribution is 7.99. The Balaban J connectivity index is 2.64. The van der Waals surface area contributed by atoms with Crippen molar-refractivity contribution in [3.8, 4) is 0 Å². The van der Waals surface area contributed by atoms with E-state index in [-0.39, 0.29) is 18.3 Å². The maximum atomic E-state index is 13.3. The molecule has 1 aromatic rings. The Morgan fingerprint density at radius 1 is 1.44 bits per heavy atom. The summed E-state index contributed by atoms with van der Waals surface area (Å²) in [6.07, 6.45) is 0. The van der Waals surface area contributed by atoms with Crippen molar-refractivity contribution in [2.75, 3.05) is 19.4 Å². The van der Waals surface area contributed by atoms with Crippen molar-refractivity contribution in [3.05, 3.63) is 29.6 Å². The van der Waals surface area contributed by atoms with Gasteiger partial charge >= 0.3 is 0 Å². The predicted molar refractivity (Wildman–Crippen MR) is 66.1 cm³/mol. The van der Waals surface area contributed by atoms with Gasteiger partial charge in [0.05, 0.1) is 0 Å². The van der Waals surface area contributed by atoms with Gasteiger partial charge in [0.25, 0.3) is 0 Å². The first-order valence-electron chi connectivity index (χ1n) is 5.33. The zero-order valence-corrected chi connectivity index (χ0v) is 10.5. The van der Waals surface area contributed by atoms with Gasteiger partial charge in [-0.15, -0.1) is 11.8 Å². The minimum absolute atomic E-state index is 0.172. The van der Waals surface area contributed by atoms with Crippen LogP contribution in [0.2, 0.25) is 0 Å². The van der Waals surface area contributed by atoms with Gasteiger partial charge in [-0.3, -0.25) is 0 Å². The predicted octanol–water partition coefficient (Wildman–Crippen LogP) is 2.27. The normalized spacial score (nSPS) is 12.8. The van der Waals surface area contributed by atoms with Gasteiger partial charge in [0.15, 0.2) is 0 Å². The lowest BCUT2D eigenvalue weighted by atomic mass is 10.2. The highest BCUT2D eigenvalue weighted by atomic mass is 32.2. The smallest absolute Gasteiger partial charge is 0.124 e. The van der Waals surface area contributed by atoms with Gasteiger partial charge in [0.1, 0.15) is 5.82 Å². The third kappa shape index (κ3) is 4.51. The van der Waals surface area contributed by atoms with E-state index < -0.39 is 0 Å². The van der Waals surface area contributed by atoms with Gasteiger partial charge in [-0.2, -0.15) is 0 Å². The molecule has 0 heterocycles. The number of rotatable bonds is 6. The molecule has 0 aromatic heterocycles. The molecule has 2 nitrogen and oxygen atoms in total. The van der Waals surface area contributed by atoms with Crippen molar-refractivity contribution in [3.63, 3.8) is 0 Å². The Morgan fingerprint density at radius 2 is 2.19 bits per heavy atom. The molecule has 0 radical (unpaired) electrons. The standard InChI is InChI=1S/C12H18FNOS/c1-9(7-15)8-16-12-4-10(6-14-2)3-11(13)5-12/h3-5,9,14-15H,6-8H2,1-2H3. The molecule has 0 aliphatic heterocycles. The summed E-state index contributed by atoms with van der Waals surface area (Å²) in [5, 5.41) is 11.9. The van der Waals surface area contributed by atoms with Crippen LogP contribution in [0, 0.1) is 11.7 Å². The van der Waals surface area contributed by atoms with Crippen LogP contribution in [-0.4, -0.2) is 24.5 Å². The average molecular weight is 243 g/mol. The molecule has 0 fully saturated rings. The van der Waals surface area contributed by atoms with E-state index in [0.717, 1.165) is 16.2 Å². The SMILES string of the molecule is CNCc1cc(F)cc(SCC(C)CO)c1. The van der Waals surface area contributed by atoms with E-state index in [1.54, 1.807) is 11.8 Å². The lowest BCUT2D eigenvalue weighted by molar-refractivity contribution is 0.250. The molecular formula is C12H18FNOS. The van der Waals surface area contributed by atoms with Crippen LogP contribution in [0.4, 0.5) is 4.39 Å². The molecule has 2 N–H and O–H groups in total.